The zero-order chi connectivity index (χ0) is 21.3. The number of nitrogens with zero attached hydrogens (tertiary/aromatic N) is 1. The predicted octanol–water partition coefficient (Wildman–Crippen LogP) is 4.36. The van der Waals surface area contributed by atoms with Gasteiger partial charge in [-0.1, -0.05) is 6.07 Å². The van der Waals surface area contributed by atoms with Crippen molar-refractivity contribution in [1.29, 1.82) is 0 Å². The van der Waals surface area contributed by atoms with Crippen LogP contribution < -0.4 is 14.8 Å². The van der Waals surface area contributed by atoms with Crippen LogP contribution in [0.5, 0.6) is 11.5 Å². The summed E-state index contributed by atoms with van der Waals surface area (Å²) in [6.45, 7) is 0.689. The molecule has 0 atom stereocenters. The molecule has 1 heterocycles. The molecule has 156 valence electrons. The van der Waals surface area contributed by atoms with Crippen molar-refractivity contribution in [2.24, 2.45) is 0 Å². The van der Waals surface area contributed by atoms with E-state index in [2.05, 4.69) is 10.3 Å². The molecule has 0 fully saturated rings. The molecule has 0 saturated heterocycles. The predicted molar refractivity (Wildman–Crippen MR) is 110 cm³/mol. The smallest absolute Gasteiger partial charge is 0.230 e. The molecule has 5 nitrogen and oxygen atoms in total. The zero-order valence-corrected chi connectivity index (χ0v) is 17.0. The Labute approximate surface area is 177 Å². The van der Waals surface area contributed by atoms with Gasteiger partial charge >= 0.3 is 0 Å². The quantitative estimate of drug-likeness (QED) is 0.512. The number of ether oxygens (including phenoxy) is 2. The highest BCUT2D eigenvalue weighted by Gasteiger charge is 2.09. The highest BCUT2D eigenvalue weighted by molar-refractivity contribution is 8.00. The summed E-state index contributed by atoms with van der Waals surface area (Å²) in [5.74, 6) is -0.813. The fourth-order valence-electron chi connectivity index (χ4n) is 2.55. The Morgan fingerprint density at radius 3 is 2.53 bits per heavy atom. The Bertz CT molecular complexity index is 1000. The first-order valence-electron chi connectivity index (χ1n) is 9.08. The summed E-state index contributed by atoms with van der Waals surface area (Å²) in [6.07, 6.45) is 3.40. The lowest BCUT2D eigenvalue weighted by Crippen LogP contribution is -2.24. The second-order valence-corrected chi connectivity index (χ2v) is 7.32. The van der Waals surface area contributed by atoms with Crippen LogP contribution in [-0.2, 0) is 17.9 Å². The molecule has 0 aliphatic heterocycles. The number of thioether (sulfide) groups is 1. The Kier molecular flexibility index (Phi) is 7.62. The van der Waals surface area contributed by atoms with E-state index in [9.17, 15) is 13.6 Å². The van der Waals surface area contributed by atoms with Gasteiger partial charge in [0, 0.05) is 23.8 Å². The van der Waals surface area contributed by atoms with Crippen molar-refractivity contribution in [2.45, 2.75) is 18.0 Å². The molecule has 0 aliphatic carbocycles. The first kappa shape index (κ1) is 21.6. The normalized spacial score (nSPS) is 10.5. The fourth-order valence-corrected chi connectivity index (χ4v) is 3.30. The molecule has 0 bridgehead atoms. The van der Waals surface area contributed by atoms with Gasteiger partial charge in [0.25, 0.3) is 0 Å². The number of carbonyl (C=O) groups is 1. The number of methoxy groups -OCH3 is 1. The Morgan fingerprint density at radius 2 is 1.80 bits per heavy atom. The van der Waals surface area contributed by atoms with E-state index in [4.69, 9.17) is 9.47 Å². The number of hydrogen-bond acceptors (Lipinski definition) is 5. The van der Waals surface area contributed by atoms with Crippen LogP contribution in [0.3, 0.4) is 0 Å². The standard InChI is InChI=1S/C22H20F2N2O3S/c1-28-21-10-16(2-5-20(21)29-13-15-6-8-25-9-7-15)12-26-22(27)14-30-17-3-4-18(23)19(24)11-17/h2-11H,12-14H2,1H3,(H,26,27). The Morgan fingerprint density at radius 1 is 1.00 bits per heavy atom. The minimum absolute atomic E-state index is 0.0926. The SMILES string of the molecule is COc1cc(CNC(=O)CSc2ccc(F)c(F)c2)ccc1OCc1ccncc1. The average Bonchev–Trinajstić information content (AvgIpc) is 2.78. The molecule has 0 spiro atoms. The molecular weight excluding hydrogens is 410 g/mol. The maximum Gasteiger partial charge on any atom is 0.230 e. The molecule has 30 heavy (non-hydrogen) atoms. The summed E-state index contributed by atoms with van der Waals surface area (Å²) in [4.78, 5) is 16.5. The van der Waals surface area contributed by atoms with Crippen LogP contribution >= 0.6 is 11.8 Å². The molecule has 0 saturated carbocycles. The highest BCUT2D eigenvalue weighted by Crippen LogP contribution is 2.29. The summed E-state index contributed by atoms with van der Waals surface area (Å²) in [5, 5.41) is 2.79. The number of benzene rings is 2. The van der Waals surface area contributed by atoms with Gasteiger partial charge in [-0.15, -0.1) is 11.8 Å². The van der Waals surface area contributed by atoms with E-state index in [0.717, 1.165) is 35.0 Å². The molecule has 2 aromatic carbocycles. The Balaban J connectivity index is 1.50. The molecule has 0 unspecified atom stereocenters. The number of carbonyl (C=O) groups excluding carboxylic acids is 1. The van der Waals surface area contributed by atoms with E-state index in [1.165, 1.54) is 6.07 Å². The lowest BCUT2D eigenvalue weighted by Gasteiger charge is -2.13. The zero-order valence-electron chi connectivity index (χ0n) is 16.2. The van der Waals surface area contributed by atoms with Crippen LogP contribution in [0.1, 0.15) is 11.1 Å². The van der Waals surface area contributed by atoms with Gasteiger partial charge in [-0.3, -0.25) is 9.78 Å². The van der Waals surface area contributed by atoms with Gasteiger partial charge in [0.2, 0.25) is 5.91 Å². The van der Waals surface area contributed by atoms with Gasteiger partial charge in [-0.05, 0) is 53.6 Å². The van der Waals surface area contributed by atoms with Crippen LogP contribution in [0.2, 0.25) is 0 Å². The molecule has 0 radical (unpaired) electrons. The van der Waals surface area contributed by atoms with E-state index < -0.39 is 11.6 Å². The van der Waals surface area contributed by atoms with Crippen LogP contribution in [0.15, 0.2) is 65.8 Å². The lowest BCUT2D eigenvalue weighted by molar-refractivity contribution is -0.118. The lowest BCUT2D eigenvalue weighted by atomic mass is 10.2. The molecule has 3 aromatic rings. The van der Waals surface area contributed by atoms with E-state index in [-0.39, 0.29) is 11.7 Å². The van der Waals surface area contributed by atoms with Crippen LogP contribution in [0.4, 0.5) is 8.78 Å². The van der Waals surface area contributed by atoms with E-state index in [0.29, 0.717) is 29.5 Å². The minimum atomic E-state index is -0.932. The summed E-state index contributed by atoms with van der Waals surface area (Å²) >= 11 is 1.13. The van der Waals surface area contributed by atoms with Gasteiger partial charge in [-0.2, -0.15) is 0 Å². The molecular formula is C22H20F2N2O3S. The maximum absolute atomic E-state index is 13.2. The summed E-state index contributed by atoms with van der Waals surface area (Å²) in [5.41, 5.74) is 1.83. The number of aromatic nitrogens is 1. The molecule has 1 N–H and O–H groups in total. The molecule has 8 heteroatoms. The van der Waals surface area contributed by atoms with E-state index in [1.54, 1.807) is 31.6 Å². The second-order valence-electron chi connectivity index (χ2n) is 6.27. The molecule has 0 aliphatic rings. The van der Waals surface area contributed by atoms with Gasteiger partial charge in [0.15, 0.2) is 23.1 Å². The third kappa shape index (κ3) is 6.18. The van der Waals surface area contributed by atoms with Crippen LogP contribution in [0, 0.1) is 11.6 Å². The number of amides is 1. The van der Waals surface area contributed by atoms with Crippen LogP contribution in [0.25, 0.3) is 0 Å². The third-order valence-electron chi connectivity index (χ3n) is 4.12. The van der Waals surface area contributed by atoms with Crippen molar-refractivity contribution in [1.82, 2.24) is 10.3 Å². The van der Waals surface area contributed by atoms with Crippen molar-refractivity contribution in [3.05, 3.63) is 83.7 Å². The monoisotopic (exact) mass is 430 g/mol. The van der Waals surface area contributed by atoms with Crippen molar-refractivity contribution in [3.63, 3.8) is 0 Å². The van der Waals surface area contributed by atoms with Gasteiger partial charge in [-0.25, -0.2) is 8.78 Å². The number of halogens is 2. The largest absolute Gasteiger partial charge is 0.493 e. The number of rotatable bonds is 9. The first-order chi connectivity index (χ1) is 14.5. The highest BCUT2D eigenvalue weighted by atomic mass is 32.2. The topological polar surface area (TPSA) is 60.5 Å². The van der Waals surface area contributed by atoms with Crippen molar-refractivity contribution in [2.75, 3.05) is 12.9 Å². The van der Waals surface area contributed by atoms with Gasteiger partial charge in [0.1, 0.15) is 6.61 Å². The molecule has 1 aromatic heterocycles. The number of pyridine rings is 1. The number of nitrogens with one attached hydrogen (secondary N) is 1. The van der Waals surface area contributed by atoms with Crippen molar-refractivity contribution < 1.29 is 23.0 Å². The average molecular weight is 430 g/mol. The van der Waals surface area contributed by atoms with Gasteiger partial charge < -0.3 is 14.8 Å². The minimum Gasteiger partial charge on any atom is -0.493 e. The van der Waals surface area contributed by atoms with Crippen molar-refractivity contribution >= 4 is 17.7 Å². The van der Waals surface area contributed by atoms with E-state index >= 15 is 0 Å². The van der Waals surface area contributed by atoms with Crippen molar-refractivity contribution in [3.8, 4) is 11.5 Å². The molecule has 3 rings (SSSR count). The Hall–Kier alpha value is -3.13. The van der Waals surface area contributed by atoms with Gasteiger partial charge in [0.05, 0.1) is 12.9 Å². The summed E-state index contributed by atoms with van der Waals surface area (Å²) in [7, 11) is 1.55. The number of hydrogen-bond donors (Lipinski definition) is 1. The maximum atomic E-state index is 13.2. The van der Waals surface area contributed by atoms with Crippen LogP contribution in [-0.4, -0.2) is 23.8 Å². The first-order valence-corrected chi connectivity index (χ1v) is 10.1. The fraction of sp³-hybridized carbons (Fsp3) is 0.182. The third-order valence-corrected chi connectivity index (χ3v) is 5.12. The van der Waals surface area contributed by atoms with E-state index in [1.807, 2.05) is 18.2 Å². The summed E-state index contributed by atoms with van der Waals surface area (Å²) in [6, 6.07) is 12.7. The summed E-state index contributed by atoms with van der Waals surface area (Å²) < 4.78 is 37.3. The second kappa shape index (κ2) is 10.6. The molecule has 1 amide bonds.